The first-order valence-electron chi connectivity index (χ1n) is 7.42. The fourth-order valence-electron chi connectivity index (χ4n) is 2.85. The molecule has 6 heteroatoms. The molecule has 1 aliphatic rings. The quantitative estimate of drug-likeness (QED) is 0.811. The molecule has 1 aromatic rings. The van der Waals surface area contributed by atoms with Gasteiger partial charge in [0, 0.05) is 5.92 Å². The third kappa shape index (κ3) is 4.10. The van der Waals surface area contributed by atoms with Crippen molar-refractivity contribution in [1.82, 2.24) is 4.90 Å². The maximum absolute atomic E-state index is 12.2. The smallest absolute Gasteiger partial charge is 0.410 e. The molecular formula is C17H21NO5. The van der Waals surface area contributed by atoms with E-state index < -0.39 is 30.1 Å². The highest BCUT2D eigenvalue weighted by atomic mass is 16.6. The molecule has 1 amide bonds. The van der Waals surface area contributed by atoms with Crippen LogP contribution in [-0.4, -0.2) is 45.9 Å². The second kappa shape index (κ2) is 7.28. The first-order valence-corrected chi connectivity index (χ1v) is 7.42. The molecule has 0 aliphatic carbocycles. The lowest BCUT2D eigenvalue weighted by Gasteiger charge is -2.24. The molecule has 0 radical (unpaired) electrons. The number of rotatable bonds is 5. The van der Waals surface area contributed by atoms with Crippen LogP contribution in [0.4, 0.5) is 4.79 Å². The predicted octanol–water partition coefficient (Wildman–Crippen LogP) is 2.04. The van der Waals surface area contributed by atoms with Crippen molar-refractivity contribution >= 4 is 12.1 Å². The first-order chi connectivity index (χ1) is 10.9. The third-order valence-corrected chi connectivity index (χ3v) is 3.90. The Bertz CT molecular complexity index is 586. The fraction of sp³-hybridized carbons (Fsp3) is 0.412. The highest BCUT2D eigenvalue weighted by Crippen LogP contribution is 2.30. The van der Waals surface area contributed by atoms with Crippen molar-refractivity contribution in [3.63, 3.8) is 0 Å². The molecule has 3 atom stereocenters. The summed E-state index contributed by atoms with van der Waals surface area (Å²) in [4.78, 5) is 24.8. The van der Waals surface area contributed by atoms with Gasteiger partial charge in [-0.15, -0.1) is 6.58 Å². The Kier molecular flexibility index (Phi) is 5.39. The summed E-state index contributed by atoms with van der Waals surface area (Å²) in [7, 11) is 0. The van der Waals surface area contributed by atoms with Crippen LogP contribution in [0.3, 0.4) is 0 Å². The Hall–Kier alpha value is -2.34. The zero-order valence-corrected chi connectivity index (χ0v) is 13.0. The van der Waals surface area contributed by atoms with Crippen molar-refractivity contribution in [2.45, 2.75) is 32.1 Å². The highest BCUT2D eigenvalue weighted by Gasteiger charge is 2.47. The molecule has 1 aromatic carbocycles. The molecule has 1 heterocycles. The lowest BCUT2D eigenvalue weighted by atomic mass is 9.91. The Morgan fingerprint density at radius 2 is 2.00 bits per heavy atom. The van der Waals surface area contributed by atoms with Gasteiger partial charge < -0.3 is 14.9 Å². The minimum absolute atomic E-state index is 0.0530. The molecule has 2 N–H and O–H groups in total. The molecule has 0 bridgehead atoms. The summed E-state index contributed by atoms with van der Waals surface area (Å²) in [6, 6.07) is 8.02. The maximum Gasteiger partial charge on any atom is 0.410 e. The number of β-amino-alcohol motifs (C(OH)–C–C–N with tert-alkyl or cyclic N) is 1. The Labute approximate surface area is 135 Å². The zero-order valence-electron chi connectivity index (χ0n) is 13.0. The maximum atomic E-state index is 12.2. The van der Waals surface area contributed by atoms with E-state index in [0.29, 0.717) is 6.42 Å². The molecule has 0 spiro atoms. The van der Waals surface area contributed by atoms with Gasteiger partial charge >= 0.3 is 12.1 Å². The van der Waals surface area contributed by atoms with Crippen LogP contribution in [-0.2, 0) is 16.1 Å². The Morgan fingerprint density at radius 3 is 2.57 bits per heavy atom. The summed E-state index contributed by atoms with van der Waals surface area (Å²) < 4.78 is 5.18. The monoisotopic (exact) mass is 319 g/mol. The number of ether oxygens (including phenoxy) is 1. The van der Waals surface area contributed by atoms with E-state index in [-0.39, 0.29) is 13.2 Å². The summed E-state index contributed by atoms with van der Waals surface area (Å²) in [5, 5.41) is 19.5. The number of aliphatic carboxylic acids is 1. The molecule has 6 nitrogen and oxygen atoms in total. The molecule has 124 valence electrons. The van der Waals surface area contributed by atoms with Crippen LogP contribution < -0.4 is 0 Å². The Morgan fingerprint density at radius 1 is 1.35 bits per heavy atom. The van der Waals surface area contributed by atoms with E-state index in [1.807, 2.05) is 30.3 Å². The molecule has 2 rings (SSSR count). The van der Waals surface area contributed by atoms with Crippen LogP contribution in [0.5, 0.6) is 0 Å². The number of carbonyl (C=O) groups is 2. The molecule has 23 heavy (non-hydrogen) atoms. The number of allylic oxidation sites excluding steroid dienone is 1. The normalized spacial score (nSPS) is 23.6. The highest BCUT2D eigenvalue weighted by molar-refractivity contribution is 5.81. The molecule has 0 saturated carbocycles. The molecule has 0 aromatic heterocycles. The van der Waals surface area contributed by atoms with E-state index in [1.54, 1.807) is 6.92 Å². The minimum Gasteiger partial charge on any atom is -0.480 e. The average molecular weight is 319 g/mol. The Balaban J connectivity index is 2.06. The van der Waals surface area contributed by atoms with Crippen LogP contribution >= 0.6 is 0 Å². The molecular weight excluding hydrogens is 298 g/mol. The number of carbonyl (C=O) groups excluding carboxylic acids is 1. The van der Waals surface area contributed by atoms with E-state index in [4.69, 9.17) is 4.74 Å². The lowest BCUT2D eigenvalue weighted by Crippen LogP contribution is -2.43. The van der Waals surface area contributed by atoms with E-state index >= 15 is 0 Å². The topological polar surface area (TPSA) is 87.1 Å². The van der Waals surface area contributed by atoms with Gasteiger partial charge in [0.25, 0.3) is 0 Å². The predicted molar refractivity (Wildman–Crippen MR) is 83.7 cm³/mol. The minimum atomic E-state index is -1.15. The van der Waals surface area contributed by atoms with Crippen molar-refractivity contribution in [2.75, 3.05) is 6.54 Å². The number of likely N-dealkylation sites (tertiary alicyclic amines) is 1. The second-order valence-electron chi connectivity index (χ2n) is 5.87. The van der Waals surface area contributed by atoms with Gasteiger partial charge in [-0.25, -0.2) is 9.59 Å². The molecule has 1 aliphatic heterocycles. The number of carboxylic acids is 1. The van der Waals surface area contributed by atoms with E-state index in [9.17, 15) is 19.8 Å². The number of hydrogen-bond donors (Lipinski definition) is 2. The first kappa shape index (κ1) is 17.0. The second-order valence-corrected chi connectivity index (χ2v) is 5.87. The van der Waals surface area contributed by atoms with Crippen LogP contribution in [0.2, 0.25) is 0 Å². The standard InChI is InChI=1S/C17H21NO5/c1-11(2)8-13-14(19)9-18(15(13)16(20)21)17(22)23-10-12-6-4-3-5-7-12/h3-7,13-15,19H,1,8-10H2,2H3,(H,20,21)/t13?,14?,15-/m0/s1. The number of amides is 1. The van der Waals surface area contributed by atoms with Gasteiger partial charge in [0.2, 0.25) is 0 Å². The van der Waals surface area contributed by atoms with Gasteiger partial charge in [0.1, 0.15) is 12.6 Å². The van der Waals surface area contributed by atoms with Gasteiger partial charge in [-0.05, 0) is 18.9 Å². The van der Waals surface area contributed by atoms with E-state index in [1.165, 1.54) is 0 Å². The van der Waals surface area contributed by atoms with Crippen molar-refractivity contribution in [3.8, 4) is 0 Å². The van der Waals surface area contributed by atoms with Crippen LogP contribution in [0.15, 0.2) is 42.5 Å². The van der Waals surface area contributed by atoms with Crippen LogP contribution in [0.1, 0.15) is 18.9 Å². The zero-order chi connectivity index (χ0) is 17.0. The average Bonchev–Trinajstić information content (AvgIpc) is 2.82. The lowest BCUT2D eigenvalue weighted by molar-refractivity contribution is -0.143. The van der Waals surface area contributed by atoms with E-state index in [2.05, 4.69) is 6.58 Å². The van der Waals surface area contributed by atoms with Gasteiger partial charge in [-0.1, -0.05) is 35.9 Å². The van der Waals surface area contributed by atoms with Gasteiger partial charge in [0.15, 0.2) is 0 Å². The van der Waals surface area contributed by atoms with Crippen molar-refractivity contribution < 1.29 is 24.5 Å². The largest absolute Gasteiger partial charge is 0.480 e. The van der Waals surface area contributed by atoms with Gasteiger partial charge in [-0.3, -0.25) is 4.90 Å². The third-order valence-electron chi connectivity index (χ3n) is 3.90. The number of carboxylic acid groups (broad SMARTS) is 1. The number of aliphatic hydroxyl groups is 1. The summed E-state index contributed by atoms with van der Waals surface area (Å²) >= 11 is 0. The van der Waals surface area contributed by atoms with Gasteiger partial charge in [0.05, 0.1) is 12.6 Å². The number of aliphatic hydroxyl groups excluding tert-OH is 1. The fourth-order valence-corrected chi connectivity index (χ4v) is 2.85. The summed E-state index contributed by atoms with van der Waals surface area (Å²) in [5.74, 6) is -1.72. The summed E-state index contributed by atoms with van der Waals surface area (Å²) in [5.41, 5.74) is 1.57. The van der Waals surface area contributed by atoms with Crippen molar-refractivity contribution in [3.05, 3.63) is 48.0 Å². The van der Waals surface area contributed by atoms with E-state index in [0.717, 1.165) is 16.0 Å². The van der Waals surface area contributed by atoms with Crippen LogP contribution in [0.25, 0.3) is 0 Å². The van der Waals surface area contributed by atoms with Crippen molar-refractivity contribution in [1.29, 1.82) is 0 Å². The van der Waals surface area contributed by atoms with Crippen LogP contribution in [0, 0.1) is 5.92 Å². The molecule has 1 saturated heterocycles. The van der Waals surface area contributed by atoms with Gasteiger partial charge in [-0.2, -0.15) is 0 Å². The van der Waals surface area contributed by atoms with Crippen molar-refractivity contribution in [2.24, 2.45) is 5.92 Å². The summed E-state index contributed by atoms with van der Waals surface area (Å²) in [6.45, 7) is 5.53. The summed E-state index contributed by atoms with van der Waals surface area (Å²) in [6.07, 6.45) is -1.29. The number of nitrogens with zero attached hydrogens (tertiary/aromatic N) is 1. The number of benzene rings is 1. The SMILES string of the molecule is C=C(C)CC1C(O)CN(C(=O)OCc2ccccc2)[C@@H]1C(=O)O. The molecule has 2 unspecified atom stereocenters. The molecule has 1 fully saturated rings. The number of hydrogen-bond acceptors (Lipinski definition) is 4.